The number of hydrogen-bond acceptors (Lipinski definition) is 6. The number of carbonyl (C=O) groups is 1. The Morgan fingerprint density at radius 1 is 1.35 bits per heavy atom. The van der Waals surface area contributed by atoms with Gasteiger partial charge in [0.1, 0.15) is 5.82 Å². The van der Waals surface area contributed by atoms with Crippen molar-refractivity contribution in [1.29, 1.82) is 0 Å². The molecular formula is C14H21N3O2S. The van der Waals surface area contributed by atoms with E-state index in [0.29, 0.717) is 10.6 Å². The monoisotopic (exact) mass is 295 g/mol. The summed E-state index contributed by atoms with van der Waals surface area (Å²) in [5, 5.41) is 11.2. The second-order valence-corrected chi connectivity index (χ2v) is 6.37. The van der Waals surface area contributed by atoms with Gasteiger partial charge >= 0.3 is 5.97 Å². The number of carbonyl (C=O) groups excluding carboxylic acids is 1. The smallest absolute Gasteiger partial charge is 0.358 e. The Hall–Kier alpha value is -1.30. The molecule has 1 fully saturated rings. The van der Waals surface area contributed by atoms with Crippen LogP contribution in [0.4, 0.5) is 5.82 Å². The molecule has 0 saturated heterocycles. The van der Waals surface area contributed by atoms with Gasteiger partial charge in [0, 0.05) is 11.3 Å². The zero-order valence-electron chi connectivity index (χ0n) is 12.0. The van der Waals surface area contributed by atoms with Crippen LogP contribution in [-0.2, 0) is 4.74 Å². The van der Waals surface area contributed by atoms with Gasteiger partial charge in [0.2, 0.25) is 0 Å². The minimum atomic E-state index is -0.461. The summed E-state index contributed by atoms with van der Waals surface area (Å²) in [6, 6.07) is 3.41. The van der Waals surface area contributed by atoms with Crippen molar-refractivity contribution in [3.8, 4) is 0 Å². The zero-order valence-corrected chi connectivity index (χ0v) is 12.8. The minimum Gasteiger partial charge on any atom is -0.464 e. The van der Waals surface area contributed by atoms with Crippen LogP contribution in [0.25, 0.3) is 0 Å². The van der Waals surface area contributed by atoms with E-state index in [9.17, 15) is 4.79 Å². The predicted molar refractivity (Wildman–Crippen MR) is 81.2 cm³/mol. The van der Waals surface area contributed by atoms with E-state index in [0.717, 1.165) is 6.54 Å². The number of nitrogens with zero attached hydrogens (tertiary/aromatic N) is 2. The van der Waals surface area contributed by atoms with E-state index in [1.807, 2.05) is 11.8 Å². The van der Waals surface area contributed by atoms with Crippen molar-refractivity contribution in [2.45, 2.75) is 36.9 Å². The second kappa shape index (κ2) is 6.92. The zero-order chi connectivity index (χ0) is 14.4. The average molecular weight is 295 g/mol. The molecule has 0 unspecified atom stereocenters. The van der Waals surface area contributed by atoms with Crippen LogP contribution in [-0.4, -0.2) is 40.8 Å². The first-order valence-electron chi connectivity index (χ1n) is 6.90. The molecule has 1 aromatic rings. The fraction of sp³-hybridized carbons (Fsp3) is 0.643. The number of hydrogen-bond donors (Lipinski definition) is 1. The van der Waals surface area contributed by atoms with Gasteiger partial charge in [-0.05, 0) is 31.2 Å². The van der Waals surface area contributed by atoms with Gasteiger partial charge in [-0.25, -0.2) is 4.79 Å². The summed E-state index contributed by atoms with van der Waals surface area (Å²) < 4.78 is 4.91. The molecule has 1 aromatic heterocycles. The lowest BCUT2D eigenvalue weighted by atomic mass is 9.88. The molecule has 20 heavy (non-hydrogen) atoms. The van der Waals surface area contributed by atoms with Crippen LogP contribution in [0.15, 0.2) is 12.1 Å². The van der Waals surface area contributed by atoms with Crippen LogP contribution in [0.5, 0.6) is 0 Å². The van der Waals surface area contributed by atoms with Crippen molar-refractivity contribution in [3.63, 3.8) is 0 Å². The van der Waals surface area contributed by atoms with Crippen molar-refractivity contribution in [3.05, 3.63) is 17.8 Å². The summed E-state index contributed by atoms with van der Waals surface area (Å²) >= 11 is 1.94. The van der Waals surface area contributed by atoms with Gasteiger partial charge in [-0.15, -0.1) is 10.2 Å². The molecule has 2 rings (SSSR count). The van der Waals surface area contributed by atoms with Gasteiger partial charge < -0.3 is 10.1 Å². The Kier molecular flexibility index (Phi) is 5.23. The fourth-order valence-corrected chi connectivity index (χ4v) is 3.45. The first-order chi connectivity index (χ1) is 9.69. The largest absolute Gasteiger partial charge is 0.464 e. The lowest BCUT2D eigenvalue weighted by molar-refractivity contribution is 0.0593. The molecule has 1 saturated carbocycles. The third-order valence-electron chi connectivity index (χ3n) is 3.85. The average Bonchev–Trinajstić information content (AvgIpc) is 2.53. The third kappa shape index (κ3) is 3.62. The van der Waals surface area contributed by atoms with Crippen LogP contribution >= 0.6 is 11.8 Å². The number of nitrogens with one attached hydrogen (secondary N) is 1. The number of methoxy groups -OCH3 is 1. The first kappa shape index (κ1) is 15.1. The van der Waals surface area contributed by atoms with Gasteiger partial charge in [0.15, 0.2) is 5.69 Å². The topological polar surface area (TPSA) is 64.1 Å². The van der Waals surface area contributed by atoms with Crippen LogP contribution in [0, 0.1) is 0 Å². The Labute approximate surface area is 123 Å². The molecule has 0 aromatic carbocycles. The first-order valence-corrected chi connectivity index (χ1v) is 8.13. The Morgan fingerprint density at radius 3 is 2.65 bits per heavy atom. The summed E-state index contributed by atoms with van der Waals surface area (Å²) in [7, 11) is 1.33. The molecule has 1 aliphatic rings. The van der Waals surface area contributed by atoms with Crippen molar-refractivity contribution in [1.82, 2.24) is 10.2 Å². The maximum atomic E-state index is 11.3. The molecule has 0 spiro atoms. The maximum Gasteiger partial charge on any atom is 0.358 e. The standard InChI is InChI=1S/C14H21N3O2S/c1-19-13(18)11-6-7-12(17-16-11)15-10-14(20-2)8-4-3-5-9-14/h6-7H,3-5,8-10H2,1-2H3,(H,15,17). The molecular weight excluding hydrogens is 274 g/mol. The normalized spacial score (nSPS) is 17.5. The number of ether oxygens (including phenoxy) is 1. The predicted octanol–water partition coefficient (Wildman–Crippen LogP) is 2.74. The Bertz CT molecular complexity index is 444. The van der Waals surface area contributed by atoms with E-state index in [1.165, 1.54) is 39.2 Å². The Morgan fingerprint density at radius 2 is 2.10 bits per heavy atom. The number of anilines is 1. The van der Waals surface area contributed by atoms with Crippen LogP contribution < -0.4 is 5.32 Å². The highest BCUT2D eigenvalue weighted by Crippen LogP contribution is 2.38. The van der Waals surface area contributed by atoms with Gasteiger partial charge in [0.05, 0.1) is 7.11 Å². The fourth-order valence-electron chi connectivity index (χ4n) is 2.54. The van der Waals surface area contributed by atoms with E-state index < -0.39 is 5.97 Å². The van der Waals surface area contributed by atoms with Crippen LogP contribution in [0.2, 0.25) is 0 Å². The van der Waals surface area contributed by atoms with E-state index in [4.69, 9.17) is 0 Å². The molecule has 1 N–H and O–H groups in total. The summed E-state index contributed by atoms with van der Waals surface area (Å²) in [4.78, 5) is 11.3. The van der Waals surface area contributed by atoms with Gasteiger partial charge in [-0.3, -0.25) is 0 Å². The van der Waals surface area contributed by atoms with E-state index in [2.05, 4.69) is 26.5 Å². The van der Waals surface area contributed by atoms with Crippen LogP contribution in [0.1, 0.15) is 42.6 Å². The lowest BCUT2D eigenvalue weighted by Gasteiger charge is -2.35. The van der Waals surface area contributed by atoms with E-state index >= 15 is 0 Å². The second-order valence-electron chi connectivity index (χ2n) is 5.10. The molecule has 5 nitrogen and oxygen atoms in total. The number of thioether (sulfide) groups is 1. The van der Waals surface area contributed by atoms with Crippen LogP contribution in [0.3, 0.4) is 0 Å². The number of rotatable bonds is 5. The molecule has 0 atom stereocenters. The van der Waals surface area contributed by atoms with Gasteiger partial charge in [-0.1, -0.05) is 19.3 Å². The Balaban J connectivity index is 1.94. The van der Waals surface area contributed by atoms with Crippen molar-refractivity contribution < 1.29 is 9.53 Å². The summed E-state index contributed by atoms with van der Waals surface area (Å²) in [6.07, 6.45) is 8.61. The number of aromatic nitrogens is 2. The van der Waals surface area contributed by atoms with Gasteiger partial charge in [-0.2, -0.15) is 11.8 Å². The third-order valence-corrected chi connectivity index (χ3v) is 5.27. The highest BCUT2D eigenvalue weighted by Gasteiger charge is 2.30. The highest BCUT2D eigenvalue weighted by molar-refractivity contribution is 8.00. The van der Waals surface area contributed by atoms with Crippen molar-refractivity contribution in [2.24, 2.45) is 0 Å². The molecule has 1 aliphatic carbocycles. The lowest BCUT2D eigenvalue weighted by Crippen LogP contribution is -2.35. The highest BCUT2D eigenvalue weighted by atomic mass is 32.2. The molecule has 0 aliphatic heterocycles. The quantitative estimate of drug-likeness (QED) is 0.843. The van der Waals surface area contributed by atoms with Crippen molar-refractivity contribution >= 4 is 23.5 Å². The molecule has 6 heteroatoms. The van der Waals surface area contributed by atoms with E-state index in [-0.39, 0.29) is 5.69 Å². The maximum absolute atomic E-state index is 11.3. The number of esters is 1. The summed E-state index contributed by atoms with van der Waals surface area (Å²) in [6.45, 7) is 0.889. The molecule has 0 radical (unpaired) electrons. The molecule has 110 valence electrons. The minimum absolute atomic E-state index is 0.232. The van der Waals surface area contributed by atoms with Crippen molar-refractivity contribution in [2.75, 3.05) is 25.2 Å². The molecule has 1 heterocycles. The molecule has 0 amide bonds. The molecule has 0 bridgehead atoms. The van der Waals surface area contributed by atoms with E-state index in [1.54, 1.807) is 12.1 Å². The van der Waals surface area contributed by atoms with Gasteiger partial charge in [0.25, 0.3) is 0 Å². The summed E-state index contributed by atoms with van der Waals surface area (Å²) in [5.41, 5.74) is 0.232. The summed E-state index contributed by atoms with van der Waals surface area (Å²) in [5.74, 6) is 0.244. The SMILES string of the molecule is COC(=O)c1ccc(NCC2(SC)CCCCC2)nn1.